The van der Waals surface area contributed by atoms with Gasteiger partial charge in [-0.2, -0.15) is 5.10 Å². The molecule has 188 valence electrons. The second-order valence-corrected chi connectivity index (χ2v) is 9.22. The summed E-state index contributed by atoms with van der Waals surface area (Å²) in [5, 5.41) is 9.19. The lowest BCUT2D eigenvalue weighted by molar-refractivity contribution is 0.0931. The Hall–Kier alpha value is -3.34. The van der Waals surface area contributed by atoms with Gasteiger partial charge in [0.05, 0.1) is 46.8 Å². The van der Waals surface area contributed by atoms with Crippen molar-refractivity contribution in [2.75, 3.05) is 40.1 Å². The van der Waals surface area contributed by atoms with Crippen LogP contribution in [-0.2, 0) is 4.74 Å². The molecule has 0 aliphatic rings. The number of aromatic nitrogens is 4. The quantitative estimate of drug-likeness (QED) is 0.305. The molecule has 0 aliphatic heterocycles. The van der Waals surface area contributed by atoms with Crippen molar-refractivity contribution in [3.05, 3.63) is 78.1 Å². The second-order valence-electron chi connectivity index (χ2n) is 8.39. The minimum atomic E-state index is -0.326. The first-order valence-corrected chi connectivity index (χ1v) is 12.8. The van der Waals surface area contributed by atoms with E-state index in [1.165, 1.54) is 12.1 Å². The predicted octanol–water partition coefficient (Wildman–Crippen LogP) is 4.12. The number of pyridine rings is 2. The van der Waals surface area contributed by atoms with E-state index in [4.69, 9.17) is 4.74 Å². The molecule has 0 radical (unpaired) electrons. The molecule has 0 fully saturated rings. The van der Waals surface area contributed by atoms with Gasteiger partial charge in [-0.05, 0) is 61.7 Å². The van der Waals surface area contributed by atoms with Crippen molar-refractivity contribution in [3.8, 4) is 5.69 Å². The average molecular weight is 509 g/mol. The summed E-state index contributed by atoms with van der Waals surface area (Å²) in [5.41, 5.74) is 2.77. The van der Waals surface area contributed by atoms with Gasteiger partial charge in [-0.25, -0.2) is 14.1 Å². The van der Waals surface area contributed by atoms with Crippen LogP contribution in [0.15, 0.2) is 66.2 Å². The van der Waals surface area contributed by atoms with Gasteiger partial charge in [0.1, 0.15) is 5.82 Å². The maximum absolute atomic E-state index is 13.5. The van der Waals surface area contributed by atoms with E-state index in [1.807, 2.05) is 25.4 Å². The van der Waals surface area contributed by atoms with Crippen LogP contribution >= 0.6 is 11.8 Å². The Morgan fingerprint density at radius 2 is 2.00 bits per heavy atom. The zero-order chi connectivity index (χ0) is 25.5. The van der Waals surface area contributed by atoms with Crippen LogP contribution in [0.3, 0.4) is 0 Å². The van der Waals surface area contributed by atoms with Crippen LogP contribution in [0.2, 0.25) is 0 Å². The number of rotatable bonds is 11. The number of thioether (sulfide) groups is 1. The van der Waals surface area contributed by atoms with E-state index >= 15 is 0 Å². The summed E-state index contributed by atoms with van der Waals surface area (Å²) in [4.78, 5) is 24.4. The molecule has 0 bridgehead atoms. The third-order valence-corrected chi connectivity index (χ3v) is 6.61. The summed E-state index contributed by atoms with van der Waals surface area (Å²) < 4.78 is 20.2. The lowest BCUT2D eigenvalue weighted by atomic mass is 10.0. The normalized spacial score (nSPS) is 12.2. The van der Waals surface area contributed by atoms with Crippen molar-refractivity contribution in [3.63, 3.8) is 0 Å². The molecule has 1 atom stereocenters. The fraction of sp³-hybridized carbons (Fsp3) is 0.308. The van der Waals surface area contributed by atoms with E-state index in [0.717, 1.165) is 23.7 Å². The van der Waals surface area contributed by atoms with Crippen LogP contribution in [0.5, 0.6) is 0 Å². The average Bonchev–Trinajstić information content (AvgIpc) is 3.34. The molecule has 1 amide bonds. The topological polar surface area (TPSA) is 85.2 Å². The number of nitrogens with zero attached hydrogens (tertiary/aromatic N) is 5. The van der Waals surface area contributed by atoms with Gasteiger partial charge in [0.15, 0.2) is 0 Å². The van der Waals surface area contributed by atoms with Crippen LogP contribution in [0.25, 0.3) is 16.6 Å². The molecular weight excluding hydrogens is 479 g/mol. The van der Waals surface area contributed by atoms with Crippen LogP contribution in [0.1, 0.15) is 28.4 Å². The number of methoxy groups -OCH3 is 1. The SMILES string of the molecule is COCCN(C)CCC(NC(=O)c1cncc2c1cnn2-c1ccc(F)cc1)c1ccnc(SC)c1. The van der Waals surface area contributed by atoms with E-state index in [1.54, 1.807) is 60.5 Å². The Morgan fingerprint density at radius 1 is 1.19 bits per heavy atom. The molecule has 4 rings (SSSR count). The van der Waals surface area contributed by atoms with Gasteiger partial charge in [-0.3, -0.25) is 9.78 Å². The molecule has 3 aromatic heterocycles. The second kappa shape index (κ2) is 12.1. The summed E-state index contributed by atoms with van der Waals surface area (Å²) >= 11 is 1.56. The van der Waals surface area contributed by atoms with Gasteiger partial charge in [-0.15, -0.1) is 11.8 Å². The molecule has 3 heterocycles. The molecule has 0 aliphatic carbocycles. The van der Waals surface area contributed by atoms with E-state index in [0.29, 0.717) is 35.2 Å². The highest BCUT2D eigenvalue weighted by atomic mass is 32.2. The van der Waals surface area contributed by atoms with E-state index in [-0.39, 0.29) is 17.8 Å². The molecule has 0 saturated carbocycles. The summed E-state index contributed by atoms with van der Waals surface area (Å²) in [7, 11) is 3.72. The maximum atomic E-state index is 13.5. The number of carbonyl (C=O) groups excluding carboxylic acids is 1. The fourth-order valence-corrected chi connectivity index (χ4v) is 4.35. The van der Waals surface area contributed by atoms with Crippen LogP contribution in [0, 0.1) is 5.82 Å². The summed E-state index contributed by atoms with van der Waals surface area (Å²) in [6, 6.07) is 9.74. The number of carbonyl (C=O) groups is 1. The summed E-state index contributed by atoms with van der Waals surface area (Å²) in [6.45, 7) is 2.22. The maximum Gasteiger partial charge on any atom is 0.254 e. The molecule has 0 saturated heterocycles. The lowest BCUT2D eigenvalue weighted by Crippen LogP contribution is -2.32. The Labute approximate surface area is 213 Å². The Morgan fingerprint density at radius 3 is 2.75 bits per heavy atom. The van der Waals surface area contributed by atoms with Crippen LogP contribution < -0.4 is 5.32 Å². The lowest BCUT2D eigenvalue weighted by Gasteiger charge is -2.23. The molecule has 1 unspecified atom stereocenters. The monoisotopic (exact) mass is 508 g/mol. The number of fused-ring (bicyclic) bond motifs is 1. The molecule has 0 spiro atoms. The van der Waals surface area contributed by atoms with Crippen LogP contribution in [0.4, 0.5) is 4.39 Å². The van der Waals surface area contributed by atoms with Gasteiger partial charge in [0, 0.05) is 38.0 Å². The molecule has 36 heavy (non-hydrogen) atoms. The van der Waals surface area contributed by atoms with E-state index < -0.39 is 0 Å². The molecular formula is C26H29FN6O2S. The third-order valence-electron chi connectivity index (χ3n) is 5.97. The number of nitrogens with one attached hydrogen (secondary N) is 1. The highest BCUT2D eigenvalue weighted by Gasteiger charge is 2.20. The molecule has 1 aromatic carbocycles. The Kier molecular flexibility index (Phi) is 8.63. The smallest absolute Gasteiger partial charge is 0.254 e. The first kappa shape index (κ1) is 25.7. The third kappa shape index (κ3) is 6.07. The number of likely N-dealkylation sites (N-methyl/N-ethyl adjacent to an activating group) is 1. The van der Waals surface area contributed by atoms with Gasteiger partial charge in [-0.1, -0.05) is 0 Å². The zero-order valence-electron chi connectivity index (χ0n) is 20.5. The standard InChI is InChI=1S/C26H29FN6O2S/c1-32(12-13-35-2)11-9-23(18-8-10-29-25(14-18)36-3)31-26(34)22-15-28-17-24-21(22)16-30-33(24)20-6-4-19(27)5-7-20/h4-8,10,14-17,23H,9,11-13H2,1-3H3,(H,31,34). The number of amides is 1. The first-order chi connectivity index (χ1) is 17.5. The van der Waals surface area contributed by atoms with Crippen molar-refractivity contribution < 1.29 is 13.9 Å². The zero-order valence-corrected chi connectivity index (χ0v) is 21.3. The van der Waals surface area contributed by atoms with Crippen molar-refractivity contribution >= 4 is 28.6 Å². The van der Waals surface area contributed by atoms with Gasteiger partial charge in [0.2, 0.25) is 0 Å². The largest absolute Gasteiger partial charge is 0.383 e. The van der Waals surface area contributed by atoms with E-state index in [9.17, 15) is 9.18 Å². The predicted molar refractivity (Wildman–Crippen MR) is 139 cm³/mol. The van der Waals surface area contributed by atoms with Crippen molar-refractivity contribution in [2.24, 2.45) is 0 Å². The Balaban J connectivity index is 1.60. The number of ether oxygens (including phenoxy) is 1. The number of hydrogen-bond acceptors (Lipinski definition) is 7. The summed E-state index contributed by atoms with van der Waals surface area (Å²) in [6.07, 6.45) is 9.30. The number of benzene rings is 1. The van der Waals surface area contributed by atoms with Crippen molar-refractivity contribution in [1.29, 1.82) is 0 Å². The Bertz CT molecular complexity index is 1310. The summed E-state index contributed by atoms with van der Waals surface area (Å²) in [5.74, 6) is -0.563. The van der Waals surface area contributed by atoms with Crippen LogP contribution in [-0.4, -0.2) is 70.7 Å². The first-order valence-electron chi connectivity index (χ1n) is 11.6. The minimum Gasteiger partial charge on any atom is -0.383 e. The highest BCUT2D eigenvalue weighted by molar-refractivity contribution is 7.98. The van der Waals surface area contributed by atoms with Gasteiger partial charge >= 0.3 is 0 Å². The minimum absolute atomic E-state index is 0.223. The highest BCUT2D eigenvalue weighted by Crippen LogP contribution is 2.24. The van der Waals surface area contributed by atoms with Crippen molar-refractivity contribution in [1.82, 2.24) is 30.0 Å². The van der Waals surface area contributed by atoms with E-state index in [2.05, 4.69) is 25.3 Å². The van der Waals surface area contributed by atoms with Gasteiger partial charge in [0.25, 0.3) is 5.91 Å². The molecule has 10 heteroatoms. The molecule has 4 aromatic rings. The number of hydrogen-bond donors (Lipinski definition) is 1. The number of halogens is 1. The molecule has 8 nitrogen and oxygen atoms in total. The van der Waals surface area contributed by atoms with Gasteiger partial charge < -0.3 is 15.0 Å². The van der Waals surface area contributed by atoms with Crippen molar-refractivity contribution in [2.45, 2.75) is 17.5 Å². The fourth-order valence-electron chi connectivity index (χ4n) is 3.93. The molecule has 1 N–H and O–H groups in total.